The van der Waals surface area contributed by atoms with Crippen molar-refractivity contribution in [3.05, 3.63) is 45.8 Å². The van der Waals surface area contributed by atoms with Gasteiger partial charge in [-0.3, -0.25) is 10.2 Å². The van der Waals surface area contributed by atoms with Gasteiger partial charge in [0.25, 0.3) is 5.91 Å². The Morgan fingerprint density at radius 2 is 1.88 bits per heavy atom. The number of halogens is 6. The third-order valence-electron chi connectivity index (χ3n) is 3.92. The van der Waals surface area contributed by atoms with Gasteiger partial charge in [-0.1, -0.05) is 23.2 Å². The standard InChI is InChI=1S/C17H13Cl2F4N3O5S/c18-11-4-10(15(27)25-26-32(28,29)9-1-2-9)13(20)5-14(11)31-8-3-12(19)16(24-6-8)30-7-17(21,22)23/h3-6,9,26H,1-2,7H2,(H,25,27). The van der Waals surface area contributed by atoms with Crippen molar-refractivity contribution >= 4 is 39.1 Å². The predicted octanol–water partition coefficient (Wildman–Crippen LogP) is 3.99. The van der Waals surface area contributed by atoms with E-state index >= 15 is 0 Å². The van der Waals surface area contributed by atoms with E-state index in [1.54, 1.807) is 0 Å². The average molecular weight is 518 g/mol. The molecule has 0 atom stereocenters. The number of nitrogens with one attached hydrogen (secondary N) is 2. The van der Waals surface area contributed by atoms with E-state index in [2.05, 4.69) is 9.72 Å². The zero-order valence-corrected chi connectivity index (χ0v) is 18.0. The smallest absolute Gasteiger partial charge is 0.422 e. The Bertz CT molecular complexity index is 1140. The molecule has 0 bridgehead atoms. The van der Waals surface area contributed by atoms with E-state index in [1.807, 2.05) is 10.3 Å². The molecule has 174 valence electrons. The van der Waals surface area contributed by atoms with Crippen LogP contribution in [0.3, 0.4) is 0 Å². The molecule has 1 fully saturated rings. The first-order valence-corrected chi connectivity index (χ1v) is 11.0. The van der Waals surface area contributed by atoms with Gasteiger partial charge in [0, 0.05) is 12.1 Å². The van der Waals surface area contributed by atoms with Crippen LogP contribution in [0.2, 0.25) is 10.0 Å². The molecule has 1 aliphatic carbocycles. The van der Waals surface area contributed by atoms with Crippen molar-refractivity contribution in [1.82, 2.24) is 15.2 Å². The molecule has 15 heteroatoms. The van der Waals surface area contributed by atoms with E-state index in [4.69, 9.17) is 27.9 Å². The summed E-state index contributed by atoms with van der Waals surface area (Å²) in [7, 11) is -3.74. The maximum absolute atomic E-state index is 14.4. The van der Waals surface area contributed by atoms with Gasteiger partial charge in [0.15, 0.2) is 6.61 Å². The molecule has 2 aromatic rings. The van der Waals surface area contributed by atoms with E-state index in [0.717, 1.165) is 24.4 Å². The highest BCUT2D eigenvalue weighted by Gasteiger charge is 2.36. The molecule has 8 nitrogen and oxygen atoms in total. The van der Waals surface area contributed by atoms with Crippen molar-refractivity contribution in [1.29, 1.82) is 0 Å². The third-order valence-corrected chi connectivity index (χ3v) is 6.22. The average Bonchev–Trinajstić information content (AvgIpc) is 3.53. The number of nitrogens with zero attached hydrogens (tertiary/aromatic N) is 1. The van der Waals surface area contributed by atoms with Gasteiger partial charge in [0.2, 0.25) is 15.9 Å². The largest absolute Gasteiger partial charge is 0.467 e. The summed E-state index contributed by atoms with van der Waals surface area (Å²) in [5.74, 6) is -3.03. The minimum atomic E-state index is -4.59. The molecule has 2 N–H and O–H groups in total. The van der Waals surface area contributed by atoms with E-state index in [1.165, 1.54) is 0 Å². The van der Waals surface area contributed by atoms with Crippen LogP contribution in [0.4, 0.5) is 17.6 Å². The quantitative estimate of drug-likeness (QED) is 0.405. The number of pyridine rings is 1. The number of amides is 1. The Hall–Kier alpha value is -2.35. The van der Waals surface area contributed by atoms with Gasteiger partial charge in [-0.05, 0) is 18.9 Å². The summed E-state index contributed by atoms with van der Waals surface area (Å²) in [5, 5.41) is -1.13. The van der Waals surface area contributed by atoms with Crippen LogP contribution in [0.25, 0.3) is 0 Å². The summed E-state index contributed by atoms with van der Waals surface area (Å²) in [4.78, 5) is 17.6. The Balaban J connectivity index is 1.69. The first-order chi connectivity index (χ1) is 14.9. The first kappa shape index (κ1) is 24.3. The van der Waals surface area contributed by atoms with E-state index in [-0.39, 0.29) is 21.5 Å². The lowest BCUT2D eigenvalue weighted by Crippen LogP contribution is -2.43. The summed E-state index contributed by atoms with van der Waals surface area (Å²) in [6, 6.07) is 2.74. The van der Waals surface area contributed by atoms with Crippen molar-refractivity contribution in [2.75, 3.05) is 6.61 Å². The number of ether oxygens (including phenoxy) is 2. The number of alkyl halides is 3. The van der Waals surface area contributed by atoms with Crippen LogP contribution in [0, 0.1) is 5.82 Å². The molecule has 0 saturated heterocycles. The number of carbonyl (C=O) groups is 1. The van der Waals surface area contributed by atoms with Crippen LogP contribution in [0.5, 0.6) is 17.4 Å². The molecule has 1 saturated carbocycles. The molecule has 1 aliphatic rings. The van der Waals surface area contributed by atoms with Crippen LogP contribution >= 0.6 is 23.2 Å². The molecule has 3 rings (SSSR count). The summed E-state index contributed by atoms with van der Waals surface area (Å²) >= 11 is 11.8. The maximum Gasteiger partial charge on any atom is 0.422 e. The summed E-state index contributed by atoms with van der Waals surface area (Å²) in [6.45, 7) is -1.60. The summed E-state index contributed by atoms with van der Waals surface area (Å²) < 4.78 is 84.3. The number of rotatable bonds is 8. The molecule has 0 aliphatic heterocycles. The molecular weight excluding hydrogens is 505 g/mol. The number of benzene rings is 1. The Morgan fingerprint density at radius 1 is 1.19 bits per heavy atom. The molecule has 1 aromatic heterocycles. The van der Waals surface area contributed by atoms with Crippen LogP contribution in [0.15, 0.2) is 24.4 Å². The van der Waals surface area contributed by atoms with Crippen LogP contribution in [-0.2, 0) is 10.0 Å². The lowest BCUT2D eigenvalue weighted by Gasteiger charge is -2.13. The fourth-order valence-electron chi connectivity index (χ4n) is 2.27. The summed E-state index contributed by atoms with van der Waals surface area (Å²) in [5.41, 5.74) is 1.33. The zero-order chi connectivity index (χ0) is 23.7. The Kier molecular flexibility index (Phi) is 7.03. The van der Waals surface area contributed by atoms with Crippen molar-refractivity contribution < 1.29 is 40.2 Å². The maximum atomic E-state index is 14.4. The number of aromatic nitrogens is 1. The number of carbonyl (C=O) groups excluding carboxylic acids is 1. The molecule has 0 unspecified atom stereocenters. The molecule has 32 heavy (non-hydrogen) atoms. The minimum absolute atomic E-state index is 0.106. The molecule has 0 spiro atoms. The SMILES string of the molecule is O=C(NNS(=O)(=O)C1CC1)c1cc(Cl)c(Oc2cnc(OCC(F)(F)F)c(Cl)c2)cc1F. The molecule has 0 radical (unpaired) electrons. The predicted molar refractivity (Wildman–Crippen MR) is 105 cm³/mol. The van der Waals surface area contributed by atoms with E-state index < -0.39 is 51.2 Å². The fraction of sp³-hybridized carbons (Fsp3) is 0.294. The van der Waals surface area contributed by atoms with Crippen LogP contribution < -0.4 is 19.7 Å². The lowest BCUT2D eigenvalue weighted by molar-refractivity contribution is -0.154. The highest BCUT2D eigenvalue weighted by molar-refractivity contribution is 7.90. The Labute approximate surface area is 188 Å². The monoisotopic (exact) mass is 517 g/mol. The van der Waals surface area contributed by atoms with Crippen molar-refractivity contribution in [2.45, 2.75) is 24.3 Å². The van der Waals surface area contributed by atoms with Gasteiger partial charge in [0.05, 0.1) is 22.0 Å². The van der Waals surface area contributed by atoms with Crippen LogP contribution in [-0.4, -0.2) is 37.3 Å². The molecule has 1 aromatic carbocycles. The second-order valence-corrected chi connectivity index (χ2v) is 9.30. The number of hydrazine groups is 1. The first-order valence-electron chi connectivity index (χ1n) is 8.68. The van der Waals surface area contributed by atoms with Crippen molar-refractivity contribution in [3.63, 3.8) is 0 Å². The topological polar surface area (TPSA) is 107 Å². The zero-order valence-electron chi connectivity index (χ0n) is 15.7. The lowest BCUT2D eigenvalue weighted by atomic mass is 10.2. The van der Waals surface area contributed by atoms with Crippen molar-refractivity contribution in [2.24, 2.45) is 0 Å². The second kappa shape index (κ2) is 9.25. The molecule has 1 heterocycles. The highest BCUT2D eigenvalue weighted by Crippen LogP contribution is 2.34. The van der Waals surface area contributed by atoms with Crippen LogP contribution in [0.1, 0.15) is 23.2 Å². The normalized spacial score (nSPS) is 14.2. The number of hydrogen-bond acceptors (Lipinski definition) is 6. The van der Waals surface area contributed by atoms with Gasteiger partial charge in [-0.2, -0.15) is 13.2 Å². The minimum Gasteiger partial charge on any atom is -0.467 e. The highest BCUT2D eigenvalue weighted by atomic mass is 35.5. The number of sulfonamides is 1. The van der Waals surface area contributed by atoms with Gasteiger partial charge in [-0.25, -0.2) is 17.8 Å². The third kappa shape index (κ3) is 6.34. The van der Waals surface area contributed by atoms with Gasteiger partial charge in [0.1, 0.15) is 22.3 Å². The van der Waals surface area contributed by atoms with Gasteiger partial charge in [-0.15, -0.1) is 4.83 Å². The van der Waals surface area contributed by atoms with E-state index in [9.17, 15) is 30.8 Å². The van der Waals surface area contributed by atoms with E-state index in [0.29, 0.717) is 12.8 Å². The molecule has 1 amide bonds. The van der Waals surface area contributed by atoms with Gasteiger partial charge < -0.3 is 9.47 Å². The second-order valence-electron chi connectivity index (χ2n) is 6.53. The van der Waals surface area contributed by atoms with Gasteiger partial charge >= 0.3 is 6.18 Å². The van der Waals surface area contributed by atoms with Crippen molar-refractivity contribution in [3.8, 4) is 17.4 Å². The Morgan fingerprint density at radius 3 is 2.47 bits per heavy atom. The number of hydrogen-bond donors (Lipinski definition) is 2. The fourth-order valence-corrected chi connectivity index (χ4v) is 3.85. The molecular formula is C17H13Cl2F4N3O5S. The summed E-state index contributed by atoms with van der Waals surface area (Å²) in [6.07, 6.45) is -2.69.